The Hall–Kier alpha value is -1.15. The topological polar surface area (TPSA) is 17.1 Å². The van der Waals surface area contributed by atoms with Crippen LogP contribution in [0.1, 0.15) is 19.4 Å². The van der Waals surface area contributed by atoms with Gasteiger partial charge in [-0.3, -0.25) is 4.79 Å². The third-order valence-corrected chi connectivity index (χ3v) is 1.68. The van der Waals surface area contributed by atoms with Crippen molar-refractivity contribution in [1.29, 1.82) is 0 Å². The maximum Gasteiger partial charge on any atom is 0.144 e. The van der Waals surface area contributed by atoms with Crippen molar-refractivity contribution in [2.75, 3.05) is 0 Å². The predicted molar refractivity (Wildman–Crippen MR) is 57.6 cm³/mol. The minimum atomic E-state index is -0.325. The second-order valence-electron chi connectivity index (χ2n) is 2.16. The lowest BCUT2D eigenvalue weighted by molar-refractivity contribution is -0.104. The molecule has 1 rings (SSSR count). The lowest BCUT2D eigenvalue weighted by Crippen LogP contribution is -1.78. The summed E-state index contributed by atoms with van der Waals surface area (Å²) in [5.74, 6) is -0.325. The molecule has 0 fully saturated rings. The highest BCUT2D eigenvalue weighted by molar-refractivity contribution is 6.49. The van der Waals surface area contributed by atoms with E-state index in [2.05, 4.69) is 0 Å². The molecular weight excluding hydrogens is 203 g/mol. The molecule has 76 valence electrons. The van der Waals surface area contributed by atoms with Crippen LogP contribution in [0.4, 0.5) is 4.39 Å². The maximum absolute atomic E-state index is 12.4. The number of halogens is 2. The molecule has 14 heavy (non-hydrogen) atoms. The average Bonchev–Trinajstić information content (AvgIpc) is 2.22. The van der Waals surface area contributed by atoms with Gasteiger partial charge in [-0.05, 0) is 23.8 Å². The highest BCUT2D eigenvalue weighted by Gasteiger charge is 1.96. The van der Waals surface area contributed by atoms with Crippen molar-refractivity contribution in [2.24, 2.45) is 0 Å². The highest BCUT2D eigenvalue weighted by Crippen LogP contribution is 2.17. The first-order chi connectivity index (χ1) is 6.74. The van der Waals surface area contributed by atoms with Gasteiger partial charge in [-0.1, -0.05) is 37.6 Å². The van der Waals surface area contributed by atoms with E-state index in [-0.39, 0.29) is 5.82 Å². The second-order valence-corrected chi connectivity index (χ2v) is 2.56. The SMILES string of the molecule is CC.O=C/C=C(\Cl)c1ccc(F)cc1. The molecule has 0 saturated heterocycles. The van der Waals surface area contributed by atoms with Gasteiger partial charge in [0.1, 0.15) is 12.1 Å². The van der Waals surface area contributed by atoms with Gasteiger partial charge in [0.05, 0.1) is 5.03 Å². The average molecular weight is 215 g/mol. The monoisotopic (exact) mass is 214 g/mol. The van der Waals surface area contributed by atoms with Gasteiger partial charge in [0, 0.05) is 0 Å². The van der Waals surface area contributed by atoms with E-state index < -0.39 is 0 Å². The van der Waals surface area contributed by atoms with Crippen LogP contribution in [-0.4, -0.2) is 6.29 Å². The zero-order chi connectivity index (χ0) is 11.0. The van der Waals surface area contributed by atoms with Crippen molar-refractivity contribution in [2.45, 2.75) is 13.8 Å². The zero-order valence-corrected chi connectivity index (χ0v) is 8.88. The van der Waals surface area contributed by atoms with E-state index >= 15 is 0 Å². The van der Waals surface area contributed by atoms with Gasteiger partial charge in [0.25, 0.3) is 0 Å². The predicted octanol–water partition coefficient (Wildman–Crippen LogP) is 3.63. The quantitative estimate of drug-likeness (QED) is 0.543. The fourth-order valence-corrected chi connectivity index (χ4v) is 0.942. The summed E-state index contributed by atoms with van der Waals surface area (Å²) in [6.07, 6.45) is 1.81. The summed E-state index contributed by atoms with van der Waals surface area (Å²) in [5.41, 5.74) is 0.630. The van der Waals surface area contributed by atoms with Crippen molar-refractivity contribution in [3.05, 3.63) is 41.7 Å². The van der Waals surface area contributed by atoms with Crippen molar-refractivity contribution in [3.8, 4) is 0 Å². The van der Waals surface area contributed by atoms with E-state index in [4.69, 9.17) is 11.6 Å². The summed E-state index contributed by atoms with van der Waals surface area (Å²) in [7, 11) is 0. The van der Waals surface area contributed by atoms with Crippen LogP contribution < -0.4 is 0 Å². The minimum Gasteiger partial charge on any atom is -0.299 e. The fourth-order valence-electron chi connectivity index (χ4n) is 0.765. The summed E-state index contributed by atoms with van der Waals surface area (Å²) in [4.78, 5) is 10.0. The molecule has 0 spiro atoms. The standard InChI is InChI=1S/C9H6ClFO.C2H6/c10-9(5-6-12)7-1-3-8(11)4-2-7;1-2/h1-6H;1-2H3/b9-5-;. The van der Waals surface area contributed by atoms with E-state index in [1.165, 1.54) is 30.3 Å². The van der Waals surface area contributed by atoms with Crippen molar-refractivity contribution in [1.82, 2.24) is 0 Å². The molecule has 0 aromatic heterocycles. The van der Waals surface area contributed by atoms with Crippen LogP contribution in [-0.2, 0) is 4.79 Å². The molecule has 0 heterocycles. The summed E-state index contributed by atoms with van der Waals surface area (Å²) in [6, 6.07) is 5.60. The van der Waals surface area contributed by atoms with Crippen LogP contribution in [0.5, 0.6) is 0 Å². The molecular formula is C11H12ClFO. The van der Waals surface area contributed by atoms with Gasteiger partial charge in [0.15, 0.2) is 0 Å². The number of benzene rings is 1. The molecule has 0 N–H and O–H groups in total. The Morgan fingerprint density at radius 3 is 2.21 bits per heavy atom. The van der Waals surface area contributed by atoms with E-state index in [0.717, 1.165) is 0 Å². The molecule has 0 amide bonds. The van der Waals surface area contributed by atoms with Crippen LogP contribution in [0, 0.1) is 5.82 Å². The van der Waals surface area contributed by atoms with Gasteiger partial charge in [-0.25, -0.2) is 4.39 Å². The molecule has 0 unspecified atom stereocenters. The van der Waals surface area contributed by atoms with Crippen molar-refractivity contribution < 1.29 is 9.18 Å². The third-order valence-electron chi connectivity index (χ3n) is 1.33. The highest BCUT2D eigenvalue weighted by atomic mass is 35.5. The van der Waals surface area contributed by atoms with Gasteiger partial charge in [-0.15, -0.1) is 0 Å². The Bertz CT molecular complexity index is 304. The Kier molecular flexibility index (Phi) is 6.68. The van der Waals surface area contributed by atoms with Crippen molar-refractivity contribution >= 4 is 22.9 Å². The lowest BCUT2D eigenvalue weighted by Gasteiger charge is -1.95. The van der Waals surface area contributed by atoms with Crippen LogP contribution in [0.25, 0.3) is 5.03 Å². The number of carbonyl (C=O) groups is 1. The van der Waals surface area contributed by atoms with Gasteiger partial charge in [0.2, 0.25) is 0 Å². The first kappa shape index (κ1) is 12.8. The Labute approximate surface area is 88.2 Å². The van der Waals surface area contributed by atoms with E-state index in [9.17, 15) is 9.18 Å². The van der Waals surface area contributed by atoms with Crippen molar-refractivity contribution in [3.63, 3.8) is 0 Å². The normalized spacial score (nSPS) is 10.1. The number of rotatable bonds is 2. The van der Waals surface area contributed by atoms with E-state index in [0.29, 0.717) is 16.9 Å². The number of allylic oxidation sites excluding steroid dienone is 1. The second kappa shape index (κ2) is 7.27. The Balaban J connectivity index is 0.000000791. The maximum atomic E-state index is 12.4. The molecule has 0 atom stereocenters. The number of hydrogen-bond donors (Lipinski definition) is 0. The summed E-state index contributed by atoms with van der Waals surface area (Å²) in [6.45, 7) is 4.00. The fraction of sp³-hybridized carbons (Fsp3) is 0.182. The number of hydrogen-bond acceptors (Lipinski definition) is 1. The molecule has 0 aliphatic rings. The molecule has 0 radical (unpaired) electrons. The lowest BCUT2D eigenvalue weighted by atomic mass is 10.2. The number of aldehydes is 1. The summed E-state index contributed by atoms with van der Waals surface area (Å²) in [5, 5.41) is 0.310. The van der Waals surface area contributed by atoms with E-state index in [1.54, 1.807) is 0 Å². The minimum absolute atomic E-state index is 0.310. The zero-order valence-electron chi connectivity index (χ0n) is 8.13. The summed E-state index contributed by atoms with van der Waals surface area (Å²) < 4.78 is 12.4. The largest absolute Gasteiger partial charge is 0.299 e. The molecule has 0 aliphatic carbocycles. The van der Waals surface area contributed by atoms with E-state index in [1.807, 2.05) is 13.8 Å². The Morgan fingerprint density at radius 2 is 1.79 bits per heavy atom. The van der Waals surface area contributed by atoms with Crippen LogP contribution >= 0.6 is 11.6 Å². The van der Waals surface area contributed by atoms with Crippen LogP contribution in [0.3, 0.4) is 0 Å². The van der Waals surface area contributed by atoms with Gasteiger partial charge in [-0.2, -0.15) is 0 Å². The summed E-state index contributed by atoms with van der Waals surface area (Å²) >= 11 is 5.67. The first-order valence-corrected chi connectivity index (χ1v) is 4.69. The Morgan fingerprint density at radius 1 is 1.29 bits per heavy atom. The van der Waals surface area contributed by atoms with Crippen LogP contribution in [0.2, 0.25) is 0 Å². The molecule has 3 heteroatoms. The molecule has 0 bridgehead atoms. The molecule has 0 aliphatic heterocycles. The van der Waals surface area contributed by atoms with Crippen LogP contribution in [0.15, 0.2) is 30.3 Å². The first-order valence-electron chi connectivity index (χ1n) is 4.31. The van der Waals surface area contributed by atoms with Gasteiger partial charge < -0.3 is 0 Å². The molecule has 1 aromatic rings. The number of carbonyl (C=O) groups excluding carboxylic acids is 1. The smallest absolute Gasteiger partial charge is 0.144 e. The van der Waals surface area contributed by atoms with Gasteiger partial charge >= 0.3 is 0 Å². The molecule has 0 saturated carbocycles. The third kappa shape index (κ3) is 4.19. The molecule has 1 aromatic carbocycles. The molecule has 1 nitrogen and oxygen atoms in total.